The summed E-state index contributed by atoms with van der Waals surface area (Å²) in [6.07, 6.45) is 3.47. The number of hydrogen-bond donors (Lipinski definition) is 5. The van der Waals surface area contributed by atoms with Gasteiger partial charge in [-0.3, -0.25) is 4.79 Å². The molecule has 0 bridgehead atoms. The van der Waals surface area contributed by atoms with Gasteiger partial charge < -0.3 is 20.7 Å². The molecule has 0 saturated carbocycles. The number of carbonyl (C=O) groups excluding carboxylic acids is 1. The summed E-state index contributed by atoms with van der Waals surface area (Å²) in [6.45, 7) is 0.198. The molecular weight excluding hydrogens is 286 g/mol. The number of nitrogens with one attached hydrogen (secondary N) is 1. The molecule has 1 heterocycles. The second-order valence-electron chi connectivity index (χ2n) is 3.95. The Morgan fingerprint density at radius 2 is 2.10 bits per heavy atom. The highest BCUT2D eigenvalue weighted by Crippen LogP contribution is 2.02. The SMILES string of the molecule is Cn1cncc1C[C@H](NC(=O)CCN)C(=O)O.O=[N+](O)O. The normalized spacial score (nSPS) is 11.0. The van der Waals surface area contributed by atoms with Crippen LogP contribution in [0, 0.1) is 4.91 Å². The van der Waals surface area contributed by atoms with Crippen molar-refractivity contribution in [2.24, 2.45) is 12.8 Å². The van der Waals surface area contributed by atoms with Gasteiger partial charge in [0.2, 0.25) is 5.91 Å². The summed E-state index contributed by atoms with van der Waals surface area (Å²) < 4.78 is 1.71. The molecule has 1 aromatic heterocycles. The third-order valence-corrected chi connectivity index (χ3v) is 2.33. The molecule has 0 fully saturated rings. The largest absolute Gasteiger partial charge is 0.480 e. The summed E-state index contributed by atoms with van der Waals surface area (Å²) in [7, 11) is 1.77. The standard InChI is InChI=1S/C10H16N4O3.H2NO3/c1-14-6-12-5-7(14)4-8(10(16)17)13-9(15)2-3-11;2-1(3)4/h5-6,8H,2-4,11H2,1H3,(H,13,15)(H,16,17);(H2,2,3,4)/q;+1/t8-;/m0./s1. The number of carboxylic acids is 1. The predicted octanol–water partition coefficient (Wildman–Crippen LogP) is -1.58. The van der Waals surface area contributed by atoms with Crippen LogP contribution in [0.25, 0.3) is 0 Å². The summed E-state index contributed by atoms with van der Waals surface area (Å²) >= 11 is 0. The van der Waals surface area contributed by atoms with E-state index < -0.39 is 17.1 Å². The van der Waals surface area contributed by atoms with E-state index in [0.717, 1.165) is 5.69 Å². The molecule has 1 amide bonds. The fraction of sp³-hybridized carbons (Fsp3) is 0.500. The monoisotopic (exact) mass is 304 g/mol. The van der Waals surface area contributed by atoms with Gasteiger partial charge in [-0.25, -0.2) is 20.2 Å². The van der Waals surface area contributed by atoms with Gasteiger partial charge in [0.15, 0.2) is 0 Å². The van der Waals surface area contributed by atoms with Gasteiger partial charge in [0, 0.05) is 38.3 Å². The topological polar surface area (TPSA) is 171 Å². The smallest absolute Gasteiger partial charge is 0.472 e. The minimum atomic E-state index is -1.25. The van der Waals surface area contributed by atoms with Crippen molar-refractivity contribution in [3.05, 3.63) is 23.1 Å². The van der Waals surface area contributed by atoms with Crippen LogP contribution < -0.4 is 11.1 Å². The van der Waals surface area contributed by atoms with Gasteiger partial charge in [0.1, 0.15) is 10.9 Å². The number of nitrogens with two attached hydrogens (primary N) is 1. The van der Waals surface area contributed by atoms with Gasteiger partial charge in [0.25, 0.3) is 0 Å². The van der Waals surface area contributed by atoms with Crippen LogP contribution in [0.5, 0.6) is 0 Å². The zero-order valence-electron chi connectivity index (χ0n) is 11.3. The van der Waals surface area contributed by atoms with Gasteiger partial charge in [-0.05, 0) is 0 Å². The molecule has 0 aliphatic rings. The van der Waals surface area contributed by atoms with Gasteiger partial charge in [0.05, 0.1) is 6.33 Å². The van der Waals surface area contributed by atoms with Crippen molar-refractivity contribution in [3.63, 3.8) is 0 Å². The quantitative estimate of drug-likeness (QED) is 0.392. The van der Waals surface area contributed by atoms with E-state index in [9.17, 15) is 9.59 Å². The minimum Gasteiger partial charge on any atom is -0.480 e. The molecular formula is C10H18N5O6+. The van der Waals surface area contributed by atoms with Crippen LogP contribution in [0.15, 0.2) is 12.5 Å². The molecule has 118 valence electrons. The van der Waals surface area contributed by atoms with E-state index >= 15 is 0 Å². The number of aromatic nitrogens is 2. The van der Waals surface area contributed by atoms with Crippen molar-refractivity contribution in [3.8, 4) is 0 Å². The Morgan fingerprint density at radius 3 is 2.48 bits per heavy atom. The van der Waals surface area contributed by atoms with E-state index in [0.29, 0.717) is 0 Å². The summed E-state index contributed by atoms with van der Waals surface area (Å²) in [4.78, 5) is 34.7. The summed E-state index contributed by atoms with van der Waals surface area (Å²) in [6, 6.07) is -0.954. The Balaban J connectivity index is 0.000000885. The van der Waals surface area contributed by atoms with Crippen LogP contribution in [0.4, 0.5) is 0 Å². The molecule has 11 nitrogen and oxygen atoms in total. The predicted molar refractivity (Wildman–Crippen MR) is 67.4 cm³/mol. The summed E-state index contributed by atoms with van der Waals surface area (Å²) in [5.41, 5.74) is 5.96. The molecule has 0 aliphatic carbocycles. The van der Waals surface area contributed by atoms with Crippen molar-refractivity contribution in [2.75, 3.05) is 6.54 Å². The van der Waals surface area contributed by atoms with Crippen LogP contribution in [-0.4, -0.2) is 54.6 Å². The lowest BCUT2D eigenvalue weighted by molar-refractivity contribution is -0.969. The zero-order chi connectivity index (χ0) is 16.4. The van der Waals surface area contributed by atoms with Gasteiger partial charge >= 0.3 is 11.1 Å². The Labute approximate surface area is 119 Å². The fourth-order valence-electron chi connectivity index (χ4n) is 1.39. The molecule has 0 unspecified atom stereocenters. The number of amides is 1. The lowest BCUT2D eigenvalue weighted by Crippen LogP contribution is -2.43. The number of aliphatic carboxylic acids is 1. The summed E-state index contributed by atoms with van der Waals surface area (Å²) in [5, 5.41) is 24.0. The molecule has 0 aromatic carbocycles. The molecule has 1 aromatic rings. The molecule has 21 heavy (non-hydrogen) atoms. The average molecular weight is 304 g/mol. The number of aryl methyl sites for hydroxylation is 1. The second kappa shape index (κ2) is 9.25. The summed E-state index contributed by atoms with van der Waals surface area (Å²) in [5.74, 6) is -1.43. The Kier molecular flexibility index (Phi) is 8.07. The van der Waals surface area contributed by atoms with Gasteiger partial charge in [-0.2, -0.15) is 0 Å². The van der Waals surface area contributed by atoms with E-state index in [1.807, 2.05) is 0 Å². The Hall–Kier alpha value is -2.69. The first-order valence-corrected chi connectivity index (χ1v) is 5.80. The Morgan fingerprint density at radius 1 is 1.52 bits per heavy atom. The van der Waals surface area contributed by atoms with Gasteiger partial charge in [-0.1, -0.05) is 0 Å². The van der Waals surface area contributed by atoms with Crippen LogP contribution in [0.3, 0.4) is 0 Å². The third-order valence-electron chi connectivity index (χ3n) is 2.33. The maximum Gasteiger partial charge on any atom is 0.472 e. The fourth-order valence-corrected chi connectivity index (χ4v) is 1.39. The van der Waals surface area contributed by atoms with E-state index in [2.05, 4.69) is 10.3 Å². The molecule has 0 aliphatic heterocycles. The average Bonchev–Trinajstić information content (AvgIpc) is 2.73. The number of nitrogens with zero attached hydrogens (tertiary/aromatic N) is 3. The third kappa shape index (κ3) is 8.15. The number of rotatable bonds is 6. The number of hydrogen-bond acceptors (Lipinski definition) is 5. The maximum absolute atomic E-state index is 11.3. The maximum atomic E-state index is 11.3. The van der Waals surface area contributed by atoms with Crippen LogP contribution >= 0.6 is 0 Å². The molecule has 0 spiro atoms. The highest BCUT2D eigenvalue weighted by Gasteiger charge is 2.21. The minimum absolute atomic E-state index is 0.120. The number of imidazole rings is 1. The second-order valence-corrected chi connectivity index (χ2v) is 3.95. The number of carboxylic acid groups (broad SMARTS) is 1. The van der Waals surface area contributed by atoms with Crippen molar-refractivity contribution in [1.29, 1.82) is 0 Å². The molecule has 1 atom stereocenters. The lowest BCUT2D eigenvalue weighted by atomic mass is 10.1. The first kappa shape index (κ1) is 18.3. The van der Waals surface area contributed by atoms with Crippen molar-refractivity contribution < 1.29 is 30.2 Å². The van der Waals surface area contributed by atoms with E-state index in [1.165, 1.54) is 0 Å². The van der Waals surface area contributed by atoms with E-state index in [-0.39, 0.29) is 25.3 Å². The van der Waals surface area contributed by atoms with E-state index in [1.54, 1.807) is 24.1 Å². The number of carbonyl (C=O) groups is 2. The van der Waals surface area contributed by atoms with Gasteiger partial charge in [-0.15, -0.1) is 0 Å². The highest BCUT2D eigenvalue weighted by molar-refractivity contribution is 5.83. The Bertz CT molecular complexity index is 484. The van der Waals surface area contributed by atoms with Crippen LogP contribution in [0.1, 0.15) is 12.1 Å². The van der Waals surface area contributed by atoms with Crippen LogP contribution in [0.2, 0.25) is 0 Å². The molecule has 11 heteroatoms. The first-order chi connectivity index (χ1) is 9.77. The zero-order valence-corrected chi connectivity index (χ0v) is 11.3. The van der Waals surface area contributed by atoms with Crippen molar-refractivity contribution in [2.45, 2.75) is 18.9 Å². The first-order valence-electron chi connectivity index (χ1n) is 5.80. The molecule has 0 radical (unpaired) electrons. The van der Waals surface area contributed by atoms with Crippen LogP contribution in [-0.2, 0) is 23.1 Å². The van der Waals surface area contributed by atoms with Crippen molar-refractivity contribution >= 4 is 11.9 Å². The lowest BCUT2D eigenvalue weighted by Gasteiger charge is -2.14. The van der Waals surface area contributed by atoms with E-state index in [4.69, 9.17) is 26.2 Å². The molecule has 0 saturated heterocycles. The molecule has 6 N–H and O–H groups in total. The molecule has 1 rings (SSSR count). The van der Waals surface area contributed by atoms with Crippen molar-refractivity contribution in [1.82, 2.24) is 14.9 Å². The highest BCUT2D eigenvalue weighted by atomic mass is 16.9.